The summed E-state index contributed by atoms with van der Waals surface area (Å²) >= 11 is 8.02. The van der Waals surface area contributed by atoms with Crippen molar-refractivity contribution in [2.75, 3.05) is 11.5 Å². The Bertz CT molecular complexity index is 321. The minimum atomic E-state index is 0.686. The lowest BCUT2D eigenvalue weighted by Crippen LogP contribution is -2.04. The molecule has 1 saturated heterocycles. The van der Waals surface area contributed by atoms with Crippen molar-refractivity contribution in [1.82, 2.24) is 0 Å². The first kappa shape index (κ1) is 10.2. The Hall–Kier alpha value is -0.340. The number of nitrogens with two attached hydrogens (primary N) is 1. The Morgan fingerprint density at radius 1 is 1.50 bits per heavy atom. The van der Waals surface area contributed by atoms with Crippen molar-refractivity contribution in [3.05, 3.63) is 28.8 Å². The van der Waals surface area contributed by atoms with Gasteiger partial charge in [0.25, 0.3) is 0 Å². The van der Waals surface area contributed by atoms with Crippen LogP contribution in [0.2, 0.25) is 5.02 Å². The van der Waals surface area contributed by atoms with E-state index in [0.717, 1.165) is 17.4 Å². The molecule has 1 aromatic rings. The number of halogens is 1. The molecule has 0 aliphatic carbocycles. The molecule has 2 N–H and O–H groups in total. The molecule has 0 radical (unpaired) electrons. The quantitative estimate of drug-likeness (QED) is 0.785. The molecule has 0 bridgehead atoms. The highest BCUT2D eigenvalue weighted by Crippen LogP contribution is 2.32. The van der Waals surface area contributed by atoms with E-state index in [2.05, 4.69) is 17.8 Å². The molecule has 3 heteroatoms. The molecule has 1 aromatic carbocycles. The van der Waals surface area contributed by atoms with Gasteiger partial charge < -0.3 is 5.73 Å². The largest absolute Gasteiger partial charge is 0.397 e. The number of rotatable bonds is 2. The van der Waals surface area contributed by atoms with Gasteiger partial charge in [0.1, 0.15) is 0 Å². The molecule has 1 aliphatic rings. The Labute approximate surface area is 94.0 Å². The minimum Gasteiger partial charge on any atom is -0.397 e. The number of nitrogen functional groups attached to an aromatic ring is 1. The molecular weight excluding hydrogens is 214 g/mol. The molecule has 0 aromatic heterocycles. The Kier molecular flexibility index (Phi) is 3.24. The van der Waals surface area contributed by atoms with Crippen molar-refractivity contribution in [3.8, 4) is 0 Å². The summed E-state index contributed by atoms with van der Waals surface area (Å²) in [5.74, 6) is 1.30. The lowest BCUT2D eigenvalue weighted by Gasteiger charge is -2.11. The second kappa shape index (κ2) is 4.45. The summed E-state index contributed by atoms with van der Waals surface area (Å²) in [4.78, 5) is 0. The molecule has 2 rings (SSSR count). The SMILES string of the molecule is Nc1c(Cl)cccc1CC1CCCS1. The first-order chi connectivity index (χ1) is 6.77. The Morgan fingerprint density at radius 3 is 3.07 bits per heavy atom. The van der Waals surface area contributed by atoms with Gasteiger partial charge in [-0.3, -0.25) is 0 Å². The third-order valence-electron chi connectivity index (χ3n) is 2.61. The van der Waals surface area contributed by atoms with Crippen LogP contribution in [0.5, 0.6) is 0 Å². The minimum absolute atomic E-state index is 0.686. The third-order valence-corrected chi connectivity index (χ3v) is 4.34. The van der Waals surface area contributed by atoms with E-state index >= 15 is 0 Å². The maximum atomic E-state index is 5.97. The highest BCUT2D eigenvalue weighted by atomic mass is 35.5. The molecule has 1 fully saturated rings. The van der Waals surface area contributed by atoms with Crippen LogP contribution in [0, 0.1) is 0 Å². The zero-order valence-electron chi connectivity index (χ0n) is 8.00. The van der Waals surface area contributed by atoms with E-state index in [1.165, 1.54) is 24.2 Å². The highest BCUT2D eigenvalue weighted by Gasteiger charge is 2.17. The van der Waals surface area contributed by atoms with E-state index in [-0.39, 0.29) is 0 Å². The molecule has 14 heavy (non-hydrogen) atoms. The first-order valence-corrected chi connectivity index (χ1v) is 6.34. The first-order valence-electron chi connectivity index (χ1n) is 4.92. The van der Waals surface area contributed by atoms with E-state index in [9.17, 15) is 0 Å². The Morgan fingerprint density at radius 2 is 2.36 bits per heavy atom. The fourth-order valence-electron chi connectivity index (χ4n) is 1.81. The van der Waals surface area contributed by atoms with Gasteiger partial charge in [-0.05, 0) is 36.6 Å². The Balaban J connectivity index is 2.11. The monoisotopic (exact) mass is 227 g/mol. The molecule has 0 saturated carbocycles. The average Bonchev–Trinajstić information content (AvgIpc) is 2.66. The molecule has 1 heterocycles. The zero-order valence-corrected chi connectivity index (χ0v) is 9.57. The van der Waals surface area contributed by atoms with Gasteiger partial charge in [0.2, 0.25) is 0 Å². The molecule has 76 valence electrons. The van der Waals surface area contributed by atoms with E-state index in [1.807, 2.05) is 12.1 Å². The van der Waals surface area contributed by atoms with Crippen LogP contribution < -0.4 is 5.73 Å². The summed E-state index contributed by atoms with van der Waals surface area (Å²) in [5, 5.41) is 1.43. The molecular formula is C11H14ClNS. The van der Waals surface area contributed by atoms with Crippen LogP contribution in [0.25, 0.3) is 0 Å². The van der Waals surface area contributed by atoms with Gasteiger partial charge in [-0.1, -0.05) is 23.7 Å². The van der Waals surface area contributed by atoms with Crippen LogP contribution in [0.1, 0.15) is 18.4 Å². The predicted molar refractivity (Wildman–Crippen MR) is 65.0 cm³/mol. The normalized spacial score (nSPS) is 21.4. The maximum Gasteiger partial charge on any atom is 0.0638 e. The maximum absolute atomic E-state index is 5.97. The predicted octanol–water partition coefficient (Wildman–Crippen LogP) is 3.36. The number of thioether (sulfide) groups is 1. The molecule has 1 unspecified atom stereocenters. The number of hydrogen-bond acceptors (Lipinski definition) is 2. The van der Waals surface area contributed by atoms with Crippen molar-refractivity contribution >= 4 is 29.1 Å². The van der Waals surface area contributed by atoms with Crippen molar-refractivity contribution in [2.24, 2.45) is 0 Å². The summed E-state index contributed by atoms with van der Waals surface area (Å²) in [6.45, 7) is 0. The van der Waals surface area contributed by atoms with Crippen LogP contribution in [0.4, 0.5) is 5.69 Å². The average molecular weight is 228 g/mol. The fraction of sp³-hybridized carbons (Fsp3) is 0.455. The molecule has 0 spiro atoms. The van der Waals surface area contributed by atoms with Gasteiger partial charge in [-0.2, -0.15) is 11.8 Å². The number of benzene rings is 1. The van der Waals surface area contributed by atoms with Gasteiger partial charge in [0, 0.05) is 5.25 Å². The van der Waals surface area contributed by atoms with Crippen molar-refractivity contribution in [1.29, 1.82) is 0 Å². The van der Waals surface area contributed by atoms with E-state index in [4.69, 9.17) is 17.3 Å². The molecule has 0 amide bonds. The van der Waals surface area contributed by atoms with Crippen LogP contribution in [-0.4, -0.2) is 11.0 Å². The van der Waals surface area contributed by atoms with Gasteiger partial charge in [-0.25, -0.2) is 0 Å². The number of para-hydroxylation sites is 1. The molecule has 1 nitrogen and oxygen atoms in total. The van der Waals surface area contributed by atoms with Gasteiger partial charge in [0.05, 0.1) is 10.7 Å². The van der Waals surface area contributed by atoms with Crippen molar-refractivity contribution in [2.45, 2.75) is 24.5 Å². The summed E-state index contributed by atoms with van der Waals surface area (Å²) in [7, 11) is 0. The summed E-state index contributed by atoms with van der Waals surface area (Å²) < 4.78 is 0. The van der Waals surface area contributed by atoms with Gasteiger partial charge >= 0.3 is 0 Å². The standard InChI is InChI=1S/C11H14ClNS/c12-10-5-1-3-8(11(10)13)7-9-4-2-6-14-9/h1,3,5,9H,2,4,6-7,13H2. The van der Waals surface area contributed by atoms with Crippen molar-refractivity contribution < 1.29 is 0 Å². The van der Waals surface area contributed by atoms with Crippen LogP contribution in [0.15, 0.2) is 18.2 Å². The smallest absolute Gasteiger partial charge is 0.0638 e. The second-order valence-corrected chi connectivity index (χ2v) is 5.47. The third kappa shape index (κ3) is 2.18. The van der Waals surface area contributed by atoms with Gasteiger partial charge in [-0.15, -0.1) is 0 Å². The number of anilines is 1. The second-order valence-electron chi connectivity index (χ2n) is 3.65. The van der Waals surface area contributed by atoms with Crippen LogP contribution in [-0.2, 0) is 6.42 Å². The number of hydrogen-bond donors (Lipinski definition) is 1. The zero-order chi connectivity index (χ0) is 9.97. The topological polar surface area (TPSA) is 26.0 Å². The van der Waals surface area contributed by atoms with Gasteiger partial charge in [0.15, 0.2) is 0 Å². The lowest BCUT2D eigenvalue weighted by molar-refractivity contribution is 0.778. The summed E-state index contributed by atoms with van der Waals surface area (Å²) in [5.41, 5.74) is 7.89. The molecule has 1 atom stereocenters. The van der Waals surface area contributed by atoms with E-state index in [1.54, 1.807) is 0 Å². The summed E-state index contributed by atoms with van der Waals surface area (Å²) in [6, 6.07) is 5.91. The van der Waals surface area contributed by atoms with E-state index in [0.29, 0.717) is 5.02 Å². The lowest BCUT2D eigenvalue weighted by atomic mass is 10.1. The van der Waals surface area contributed by atoms with Crippen molar-refractivity contribution in [3.63, 3.8) is 0 Å². The fourth-order valence-corrected chi connectivity index (χ4v) is 3.30. The summed E-state index contributed by atoms with van der Waals surface area (Å²) in [6.07, 6.45) is 3.73. The highest BCUT2D eigenvalue weighted by molar-refractivity contribution is 8.00. The van der Waals surface area contributed by atoms with Crippen LogP contribution in [0.3, 0.4) is 0 Å². The molecule has 1 aliphatic heterocycles. The van der Waals surface area contributed by atoms with Crippen LogP contribution >= 0.6 is 23.4 Å². The van der Waals surface area contributed by atoms with E-state index < -0.39 is 0 Å².